The van der Waals surface area contributed by atoms with Crippen molar-refractivity contribution in [1.29, 1.82) is 0 Å². The summed E-state index contributed by atoms with van der Waals surface area (Å²) >= 11 is 0. The van der Waals surface area contributed by atoms with Crippen LogP contribution in [0.15, 0.2) is 0 Å². The number of nitrogens with two attached hydrogens (primary N) is 1. The fourth-order valence-corrected chi connectivity index (χ4v) is 2.00. The largest absolute Gasteiger partial charge is 0.396 e. The average molecular weight is 238 g/mol. The number of carbonyl (C=O) groups is 1. The van der Waals surface area contributed by atoms with Gasteiger partial charge in [0.15, 0.2) is 5.69 Å². The molecule has 0 unspecified atom stereocenters. The van der Waals surface area contributed by atoms with Gasteiger partial charge in [-0.3, -0.25) is 4.79 Å². The van der Waals surface area contributed by atoms with Gasteiger partial charge in [-0.25, -0.2) is 4.68 Å². The molecule has 17 heavy (non-hydrogen) atoms. The smallest absolute Gasteiger partial charge is 0.271 e. The molecule has 6 nitrogen and oxygen atoms in total. The van der Waals surface area contributed by atoms with Gasteiger partial charge in [0.2, 0.25) is 0 Å². The third kappa shape index (κ3) is 2.31. The number of amides is 1. The van der Waals surface area contributed by atoms with Crippen LogP contribution in [0.3, 0.4) is 0 Å². The van der Waals surface area contributed by atoms with E-state index < -0.39 is 5.91 Å². The second-order valence-corrected chi connectivity index (χ2v) is 4.81. The van der Waals surface area contributed by atoms with Gasteiger partial charge in [-0.15, -0.1) is 5.10 Å². The van der Waals surface area contributed by atoms with E-state index in [0.29, 0.717) is 6.54 Å². The number of nitrogens with zero attached hydrogens (tertiary/aromatic N) is 3. The van der Waals surface area contributed by atoms with Crippen molar-refractivity contribution in [2.45, 2.75) is 39.2 Å². The Hall–Kier alpha value is -1.43. The molecule has 1 aromatic heterocycles. The van der Waals surface area contributed by atoms with Crippen LogP contribution in [-0.4, -0.2) is 32.6 Å². The topological polar surface area (TPSA) is 94.0 Å². The predicted molar refractivity (Wildman–Crippen MR) is 61.3 cm³/mol. The Kier molecular flexibility index (Phi) is 3.15. The maximum Gasteiger partial charge on any atom is 0.271 e. The zero-order valence-corrected chi connectivity index (χ0v) is 10.0. The highest BCUT2D eigenvalue weighted by atomic mass is 16.3. The lowest BCUT2D eigenvalue weighted by Gasteiger charge is -2.13. The normalized spacial score (nSPS) is 17.1. The van der Waals surface area contributed by atoms with Gasteiger partial charge in [-0.05, 0) is 19.3 Å². The van der Waals surface area contributed by atoms with Crippen molar-refractivity contribution in [2.75, 3.05) is 6.61 Å². The van der Waals surface area contributed by atoms with Crippen LogP contribution in [0.4, 0.5) is 0 Å². The van der Waals surface area contributed by atoms with E-state index in [2.05, 4.69) is 10.3 Å². The molecule has 1 aliphatic rings. The molecule has 1 fully saturated rings. The van der Waals surface area contributed by atoms with Gasteiger partial charge >= 0.3 is 0 Å². The van der Waals surface area contributed by atoms with Crippen molar-refractivity contribution in [3.05, 3.63) is 11.4 Å². The van der Waals surface area contributed by atoms with Gasteiger partial charge in [0.1, 0.15) is 0 Å². The van der Waals surface area contributed by atoms with E-state index in [1.165, 1.54) is 0 Å². The lowest BCUT2D eigenvalue weighted by molar-refractivity contribution is 0.0994. The minimum Gasteiger partial charge on any atom is -0.396 e. The molecule has 1 amide bonds. The molecule has 2 rings (SSSR count). The van der Waals surface area contributed by atoms with Crippen molar-refractivity contribution in [3.63, 3.8) is 0 Å². The Morgan fingerprint density at radius 3 is 2.76 bits per heavy atom. The Morgan fingerprint density at radius 1 is 1.59 bits per heavy atom. The summed E-state index contributed by atoms with van der Waals surface area (Å²) in [6.45, 7) is 2.81. The third-order valence-corrected chi connectivity index (χ3v) is 3.34. The quantitative estimate of drug-likeness (QED) is 0.735. The predicted octanol–water partition coefficient (Wildman–Crippen LogP) is 0.102. The summed E-state index contributed by atoms with van der Waals surface area (Å²) in [6, 6.07) is 0. The van der Waals surface area contributed by atoms with Crippen LogP contribution in [0.5, 0.6) is 0 Å². The fourth-order valence-electron chi connectivity index (χ4n) is 2.00. The van der Waals surface area contributed by atoms with E-state index in [1.54, 1.807) is 4.68 Å². The first kappa shape index (κ1) is 12.0. The molecule has 0 aliphatic heterocycles. The highest BCUT2D eigenvalue weighted by Gasteiger charge is 2.43. The maximum atomic E-state index is 11.2. The Labute approximate surface area is 99.8 Å². The Bertz CT molecular complexity index is 423. The van der Waals surface area contributed by atoms with Crippen molar-refractivity contribution in [2.24, 2.45) is 11.1 Å². The highest BCUT2D eigenvalue weighted by molar-refractivity contribution is 5.91. The van der Waals surface area contributed by atoms with Gasteiger partial charge in [-0.2, -0.15) is 0 Å². The van der Waals surface area contributed by atoms with Crippen molar-refractivity contribution >= 4 is 5.91 Å². The van der Waals surface area contributed by atoms with Crippen LogP contribution >= 0.6 is 0 Å². The summed E-state index contributed by atoms with van der Waals surface area (Å²) in [5.41, 5.74) is 6.27. The molecule has 1 aromatic rings. The molecule has 0 spiro atoms. The van der Waals surface area contributed by atoms with Gasteiger partial charge in [-0.1, -0.05) is 18.6 Å². The highest BCUT2D eigenvalue weighted by Crippen LogP contribution is 2.46. The van der Waals surface area contributed by atoms with Gasteiger partial charge < -0.3 is 10.8 Å². The zero-order chi connectivity index (χ0) is 12.5. The molecule has 0 aromatic carbocycles. The summed E-state index contributed by atoms with van der Waals surface area (Å²) in [5.74, 6) is -0.534. The number of aromatic nitrogens is 3. The summed E-state index contributed by atoms with van der Waals surface area (Å²) in [7, 11) is 0. The van der Waals surface area contributed by atoms with Crippen LogP contribution in [0, 0.1) is 5.41 Å². The summed E-state index contributed by atoms with van der Waals surface area (Å²) in [4.78, 5) is 11.2. The average Bonchev–Trinajstić information content (AvgIpc) is 2.96. The molecule has 1 heterocycles. The number of aliphatic hydroxyl groups excluding tert-OH is 1. The molecule has 1 aliphatic carbocycles. The third-order valence-electron chi connectivity index (χ3n) is 3.34. The van der Waals surface area contributed by atoms with E-state index in [0.717, 1.165) is 31.4 Å². The van der Waals surface area contributed by atoms with Crippen LogP contribution < -0.4 is 5.73 Å². The van der Waals surface area contributed by atoms with Crippen molar-refractivity contribution in [3.8, 4) is 0 Å². The number of hydrogen-bond donors (Lipinski definition) is 2. The first-order valence-corrected chi connectivity index (χ1v) is 5.95. The minimum absolute atomic E-state index is 0.0505. The molecule has 6 heteroatoms. The van der Waals surface area contributed by atoms with Crippen LogP contribution in [0.25, 0.3) is 0 Å². The van der Waals surface area contributed by atoms with Crippen LogP contribution in [0.1, 0.15) is 42.4 Å². The second kappa shape index (κ2) is 4.44. The number of carbonyl (C=O) groups excluding carboxylic acids is 1. The van der Waals surface area contributed by atoms with E-state index in [4.69, 9.17) is 5.73 Å². The van der Waals surface area contributed by atoms with Gasteiger partial charge in [0.05, 0.1) is 18.8 Å². The first-order valence-electron chi connectivity index (χ1n) is 5.95. The van der Waals surface area contributed by atoms with E-state index in [-0.39, 0.29) is 17.7 Å². The van der Waals surface area contributed by atoms with Crippen molar-refractivity contribution < 1.29 is 9.90 Å². The SMILES string of the molecule is CCCc1c(C(N)=O)nnn1CC1(CO)CC1. The molecule has 3 N–H and O–H groups in total. The number of rotatable bonds is 6. The van der Waals surface area contributed by atoms with Crippen LogP contribution in [0.2, 0.25) is 0 Å². The monoisotopic (exact) mass is 238 g/mol. The number of primary amides is 1. The summed E-state index contributed by atoms with van der Waals surface area (Å²) < 4.78 is 1.73. The first-order chi connectivity index (χ1) is 8.12. The Balaban J connectivity index is 2.24. The van der Waals surface area contributed by atoms with Crippen LogP contribution in [-0.2, 0) is 13.0 Å². The van der Waals surface area contributed by atoms with Gasteiger partial charge in [0, 0.05) is 5.41 Å². The van der Waals surface area contributed by atoms with E-state index in [1.807, 2.05) is 6.92 Å². The molecule has 0 radical (unpaired) electrons. The molecule has 0 saturated heterocycles. The lowest BCUT2D eigenvalue weighted by atomic mass is 10.1. The van der Waals surface area contributed by atoms with Gasteiger partial charge in [0.25, 0.3) is 5.91 Å². The minimum atomic E-state index is -0.534. The van der Waals surface area contributed by atoms with E-state index >= 15 is 0 Å². The fraction of sp³-hybridized carbons (Fsp3) is 0.727. The standard InChI is InChI=1S/C11H18N4O2/c1-2-3-8-9(10(12)17)13-14-15(8)6-11(7-16)4-5-11/h16H,2-7H2,1H3,(H2,12,17). The van der Waals surface area contributed by atoms with E-state index in [9.17, 15) is 9.90 Å². The number of hydrogen-bond acceptors (Lipinski definition) is 4. The molecule has 0 atom stereocenters. The molecular formula is C11H18N4O2. The molecular weight excluding hydrogens is 220 g/mol. The maximum absolute atomic E-state index is 11.2. The number of aliphatic hydroxyl groups is 1. The summed E-state index contributed by atoms with van der Waals surface area (Å²) in [5, 5.41) is 17.1. The van der Waals surface area contributed by atoms with Crippen molar-refractivity contribution in [1.82, 2.24) is 15.0 Å². The molecule has 0 bridgehead atoms. The summed E-state index contributed by atoms with van der Waals surface area (Å²) in [6.07, 6.45) is 3.63. The molecule has 94 valence electrons. The lowest BCUT2D eigenvalue weighted by Crippen LogP contribution is -2.20. The second-order valence-electron chi connectivity index (χ2n) is 4.81. The molecule has 1 saturated carbocycles. The zero-order valence-electron chi connectivity index (χ0n) is 10.0. The Morgan fingerprint density at radius 2 is 2.29 bits per heavy atom.